The number of rotatable bonds is 1. The van der Waals surface area contributed by atoms with Crippen molar-refractivity contribution in [3.63, 3.8) is 0 Å². The lowest BCUT2D eigenvalue weighted by Crippen LogP contribution is -2.33. The minimum atomic E-state index is 0.598. The van der Waals surface area contributed by atoms with Crippen molar-refractivity contribution >= 4 is 5.69 Å². The molecule has 1 aliphatic heterocycles. The number of anilines is 1. The van der Waals surface area contributed by atoms with Crippen LogP contribution >= 0.6 is 0 Å². The third-order valence-electron chi connectivity index (χ3n) is 4.87. The van der Waals surface area contributed by atoms with E-state index in [2.05, 4.69) is 41.3 Å². The van der Waals surface area contributed by atoms with Gasteiger partial charge in [-0.15, -0.1) is 0 Å². The number of fused-ring (bicyclic) bond motifs is 2. The third-order valence-corrected chi connectivity index (χ3v) is 4.87. The summed E-state index contributed by atoms with van der Waals surface area (Å²) in [6.45, 7) is 2.17. The van der Waals surface area contributed by atoms with Crippen molar-refractivity contribution in [1.29, 1.82) is 0 Å². The van der Waals surface area contributed by atoms with Crippen LogP contribution in [0.15, 0.2) is 42.5 Å². The van der Waals surface area contributed by atoms with Gasteiger partial charge < -0.3 is 5.73 Å². The fraction of sp³-hybridized carbons (Fsp3) is 0.333. The van der Waals surface area contributed by atoms with Crippen LogP contribution in [0.2, 0.25) is 0 Å². The molecule has 1 unspecified atom stereocenters. The summed E-state index contributed by atoms with van der Waals surface area (Å²) in [7, 11) is 0. The van der Waals surface area contributed by atoms with Crippen LogP contribution in [0.3, 0.4) is 0 Å². The van der Waals surface area contributed by atoms with Crippen molar-refractivity contribution in [2.24, 2.45) is 0 Å². The van der Waals surface area contributed by atoms with Crippen molar-refractivity contribution in [2.75, 3.05) is 12.3 Å². The number of nitrogen functional groups attached to an aromatic ring is 1. The summed E-state index contributed by atoms with van der Waals surface area (Å²) >= 11 is 0. The normalized spacial score (nSPS) is 21.5. The first kappa shape index (κ1) is 12.0. The summed E-state index contributed by atoms with van der Waals surface area (Å²) in [5.74, 6) is 0. The molecule has 2 aliphatic rings. The minimum absolute atomic E-state index is 0.598. The molecular weight excluding hydrogens is 244 g/mol. The van der Waals surface area contributed by atoms with E-state index in [1.807, 2.05) is 6.07 Å². The molecule has 20 heavy (non-hydrogen) atoms. The van der Waals surface area contributed by atoms with Crippen LogP contribution in [-0.4, -0.2) is 11.4 Å². The number of nitrogens with two attached hydrogens (primary N) is 1. The maximum atomic E-state index is 6.10. The van der Waals surface area contributed by atoms with Crippen LogP contribution in [-0.2, 0) is 19.4 Å². The summed E-state index contributed by atoms with van der Waals surface area (Å²) in [5, 5.41) is 0. The van der Waals surface area contributed by atoms with Crippen molar-refractivity contribution in [1.82, 2.24) is 4.90 Å². The van der Waals surface area contributed by atoms with Gasteiger partial charge in [0.1, 0.15) is 0 Å². The highest BCUT2D eigenvalue weighted by Gasteiger charge is 2.30. The van der Waals surface area contributed by atoms with Crippen LogP contribution < -0.4 is 5.73 Å². The van der Waals surface area contributed by atoms with Crippen molar-refractivity contribution in [2.45, 2.75) is 31.8 Å². The summed E-state index contributed by atoms with van der Waals surface area (Å²) < 4.78 is 0. The van der Waals surface area contributed by atoms with E-state index in [1.165, 1.54) is 29.5 Å². The molecule has 0 aromatic heterocycles. The molecule has 2 aromatic carbocycles. The first-order valence-electron chi connectivity index (χ1n) is 7.51. The lowest BCUT2D eigenvalue weighted by Gasteiger charge is -2.34. The maximum Gasteiger partial charge on any atom is 0.0357 e. The molecule has 102 valence electrons. The van der Waals surface area contributed by atoms with E-state index >= 15 is 0 Å². The average Bonchev–Trinajstić information content (AvgIpc) is 2.91. The van der Waals surface area contributed by atoms with Crippen molar-refractivity contribution in [3.8, 4) is 0 Å². The average molecular weight is 264 g/mol. The molecule has 0 saturated heterocycles. The second-order valence-electron chi connectivity index (χ2n) is 5.96. The van der Waals surface area contributed by atoms with Crippen LogP contribution in [0.4, 0.5) is 5.69 Å². The Bertz CT molecular complexity index is 648. The topological polar surface area (TPSA) is 29.3 Å². The van der Waals surface area contributed by atoms with Crippen LogP contribution in [0.25, 0.3) is 0 Å². The van der Waals surface area contributed by atoms with E-state index in [1.54, 1.807) is 5.56 Å². The second-order valence-corrected chi connectivity index (χ2v) is 5.96. The monoisotopic (exact) mass is 264 g/mol. The molecule has 4 rings (SSSR count). The molecule has 0 radical (unpaired) electrons. The second kappa shape index (κ2) is 4.64. The summed E-state index contributed by atoms with van der Waals surface area (Å²) in [4.78, 5) is 2.63. The van der Waals surface area contributed by atoms with E-state index in [0.29, 0.717) is 6.04 Å². The fourth-order valence-corrected chi connectivity index (χ4v) is 3.84. The van der Waals surface area contributed by atoms with Gasteiger partial charge in [0.15, 0.2) is 0 Å². The minimum Gasteiger partial charge on any atom is -0.398 e. The van der Waals surface area contributed by atoms with Crippen molar-refractivity contribution < 1.29 is 0 Å². The van der Waals surface area contributed by atoms with Gasteiger partial charge >= 0.3 is 0 Å². The smallest absolute Gasteiger partial charge is 0.0357 e. The predicted molar refractivity (Wildman–Crippen MR) is 82.5 cm³/mol. The molecule has 0 saturated carbocycles. The van der Waals surface area contributed by atoms with E-state index in [4.69, 9.17) is 5.73 Å². The van der Waals surface area contributed by atoms with Gasteiger partial charge in [-0.2, -0.15) is 0 Å². The van der Waals surface area contributed by atoms with Crippen LogP contribution in [0.1, 0.15) is 34.7 Å². The number of nitrogens with zero attached hydrogens (tertiary/aromatic N) is 1. The highest BCUT2D eigenvalue weighted by atomic mass is 15.2. The summed E-state index contributed by atoms with van der Waals surface area (Å²) in [5.41, 5.74) is 12.9. The number of hydrogen-bond donors (Lipinski definition) is 1. The Labute approximate surface area is 120 Å². The van der Waals surface area contributed by atoms with E-state index in [-0.39, 0.29) is 0 Å². The molecule has 1 heterocycles. The molecule has 0 spiro atoms. The van der Waals surface area contributed by atoms with Gasteiger partial charge in [-0.05, 0) is 47.6 Å². The summed E-state index contributed by atoms with van der Waals surface area (Å²) in [6, 6.07) is 15.9. The Morgan fingerprint density at radius 2 is 1.80 bits per heavy atom. The Morgan fingerprint density at radius 3 is 2.75 bits per heavy atom. The first-order valence-corrected chi connectivity index (χ1v) is 7.51. The Hall–Kier alpha value is -1.80. The quantitative estimate of drug-likeness (QED) is 0.801. The van der Waals surface area contributed by atoms with Gasteiger partial charge in [0.2, 0.25) is 0 Å². The first-order chi connectivity index (χ1) is 9.83. The van der Waals surface area contributed by atoms with Gasteiger partial charge in [0, 0.05) is 24.8 Å². The van der Waals surface area contributed by atoms with E-state index in [0.717, 1.165) is 25.2 Å². The van der Waals surface area contributed by atoms with Gasteiger partial charge in [-0.1, -0.05) is 36.4 Å². The van der Waals surface area contributed by atoms with Crippen LogP contribution in [0, 0.1) is 0 Å². The van der Waals surface area contributed by atoms with Gasteiger partial charge in [0.05, 0.1) is 0 Å². The van der Waals surface area contributed by atoms with Gasteiger partial charge in [0.25, 0.3) is 0 Å². The lowest BCUT2D eigenvalue weighted by atomic mass is 9.95. The summed E-state index contributed by atoms with van der Waals surface area (Å²) in [6.07, 6.45) is 3.57. The molecule has 1 aliphatic carbocycles. The number of aryl methyl sites for hydroxylation is 1. The molecule has 0 fully saturated rings. The molecule has 2 heteroatoms. The van der Waals surface area contributed by atoms with E-state index in [9.17, 15) is 0 Å². The van der Waals surface area contributed by atoms with Crippen molar-refractivity contribution in [3.05, 3.63) is 64.7 Å². The third kappa shape index (κ3) is 1.83. The molecule has 2 aromatic rings. The van der Waals surface area contributed by atoms with Gasteiger partial charge in [-0.25, -0.2) is 0 Å². The molecule has 2 nitrogen and oxygen atoms in total. The molecule has 1 atom stereocenters. The largest absolute Gasteiger partial charge is 0.398 e. The van der Waals surface area contributed by atoms with E-state index < -0.39 is 0 Å². The molecule has 0 amide bonds. The highest BCUT2D eigenvalue weighted by molar-refractivity contribution is 5.52. The zero-order valence-electron chi connectivity index (χ0n) is 11.7. The maximum absolute atomic E-state index is 6.10. The molecule has 0 bridgehead atoms. The molecular formula is C18H20N2. The Morgan fingerprint density at radius 1 is 0.950 bits per heavy atom. The lowest BCUT2D eigenvalue weighted by molar-refractivity contribution is 0.179. The number of hydrogen-bond acceptors (Lipinski definition) is 2. The fourth-order valence-electron chi connectivity index (χ4n) is 3.84. The SMILES string of the molecule is Nc1cccc2c1CCN(C1CCc3ccccc31)C2. The predicted octanol–water partition coefficient (Wildman–Crippen LogP) is 3.31. The Balaban J connectivity index is 1.64. The zero-order valence-corrected chi connectivity index (χ0v) is 11.7. The Kier molecular flexibility index (Phi) is 2.78. The highest BCUT2D eigenvalue weighted by Crippen LogP contribution is 2.38. The van der Waals surface area contributed by atoms with Crippen LogP contribution in [0.5, 0.6) is 0 Å². The van der Waals surface area contributed by atoms with Gasteiger partial charge in [-0.3, -0.25) is 4.90 Å². The number of benzene rings is 2. The standard InChI is InChI=1S/C18H20N2/c19-17-7-3-5-14-12-20(11-10-15(14)17)18-9-8-13-4-1-2-6-16(13)18/h1-7,18H,8-12,19H2. The zero-order chi connectivity index (χ0) is 13.5. The molecule has 2 N–H and O–H groups in total.